The predicted octanol–water partition coefficient (Wildman–Crippen LogP) is 1.76. The van der Waals surface area contributed by atoms with Gasteiger partial charge in [-0.15, -0.1) is 0 Å². The van der Waals surface area contributed by atoms with Crippen molar-refractivity contribution < 1.29 is 19.4 Å². The molecule has 0 aliphatic carbocycles. The molecule has 0 bridgehead atoms. The van der Waals surface area contributed by atoms with Crippen LogP contribution in [0.3, 0.4) is 0 Å². The first-order chi connectivity index (χ1) is 14.4. The van der Waals surface area contributed by atoms with Gasteiger partial charge in [-0.1, -0.05) is 6.92 Å². The molecular formula is C22H30N4O4. The van der Waals surface area contributed by atoms with Crippen LogP contribution in [-0.2, 0) is 17.3 Å². The summed E-state index contributed by atoms with van der Waals surface area (Å²) in [6.45, 7) is 5.64. The van der Waals surface area contributed by atoms with Crippen LogP contribution in [0.5, 0.6) is 5.75 Å². The fourth-order valence-corrected chi connectivity index (χ4v) is 5.12. The maximum absolute atomic E-state index is 12.5. The van der Waals surface area contributed by atoms with Crippen molar-refractivity contribution in [1.82, 2.24) is 19.7 Å². The third-order valence-corrected chi connectivity index (χ3v) is 6.53. The van der Waals surface area contributed by atoms with Gasteiger partial charge >= 0.3 is 6.03 Å². The number of rotatable bonds is 4. The van der Waals surface area contributed by atoms with Gasteiger partial charge in [0.05, 0.1) is 30.7 Å². The molecule has 1 saturated heterocycles. The van der Waals surface area contributed by atoms with Crippen LogP contribution in [0.4, 0.5) is 4.79 Å². The first-order valence-corrected chi connectivity index (χ1v) is 10.4. The van der Waals surface area contributed by atoms with E-state index in [9.17, 15) is 14.7 Å². The number of amides is 3. The van der Waals surface area contributed by atoms with Crippen LogP contribution in [0.1, 0.15) is 37.6 Å². The van der Waals surface area contributed by atoms with Crippen LogP contribution in [0.25, 0.3) is 10.9 Å². The van der Waals surface area contributed by atoms with Crippen LogP contribution in [0.15, 0.2) is 18.2 Å². The molecule has 1 fully saturated rings. The third kappa shape index (κ3) is 2.93. The van der Waals surface area contributed by atoms with E-state index in [1.54, 1.807) is 16.9 Å². The molecule has 3 amide bonds. The highest BCUT2D eigenvalue weighted by molar-refractivity contribution is 5.90. The lowest BCUT2D eigenvalue weighted by Gasteiger charge is -2.56. The fourth-order valence-electron chi connectivity index (χ4n) is 5.12. The van der Waals surface area contributed by atoms with Crippen molar-refractivity contribution in [1.29, 1.82) is 0 Å². The zero-order chi connectivity index (χ0) is 21.6. The Balaban J connectivity index is 1.83. The first kappa shape index (κ1) is 20.5. The Morgan fingerprint density at radius 2 is 2.03 bits per heavy atom. The number of urea groups is 1. The summed E-state index contributed by atoms with van der Waals surface area (Å²) >= 11 is 0. The lowest BCUT2D eigenvalue weighted by atomic mass is 9.68. The molecule has 2 N–H and O–H groups in total. The molecular weight excluding hydrogens is 384 g/mol. The standard InChI is InChI=1S/C22H30N4O4/c1-5-8-23-21(29)25-11-22(12-25)13-26(14(2)28)18(10-27)20-19(22)16-7-6-15(30-4)9-17(16)24(20)3/h6-7,9,18,27H,5,8,10-13H2,1-4H3,(H,23,29)/t18-/m1/s1. The van der Waals surface area contributed by atoms with Crippen molar-refractivity contribution in [3.63, 3.8) is 0 Å². The average molecular weight is 415 g/mol. The minimum absolute atomic E-state index is 0.0652. The molecule has 1 spiro atoms. The second-order valence-corrected chi connectivity index (χ2v) is 8.42. The van der Waals surface area contributed by atoms with Crippen molar-refractivity contribution in [2.45, 2.75) is 31.7 Å². The molecule has 8 nitrogen and oxygen atoms in total. The van der Waals surface area contributed by atoms with Gasteiger partial charge in [-0.25, -0.2) is 4.79 Å². The Kier molecular flexibility index (Phi) is 5.13. The highest BCUT2D eigenvalue weighted by Crippen LogP contribution is 2.49. The van der Waals surface area contributed by atoms with Gasteiger partial charge < -0.3 is 29.5 Å². The number of hydrogen-bond acceptors (Lipinski definition) is 4. The Bertz CT molecular complexity index is 993. The molecule has 30 heavy (non-hydrogen) atoms. The summed E-state index contributed by atoms with van der Waals surface area (Å²) < 4.78 is 7.47. The molecule has 2 aliphatic heterocycles. The quantitative estimate of drug-likeness (QED) is 0.798. The number of aromatic nitrogens is 1. The van der Waals surface area contributed by atoms with Crippen LogP contribution in [0.2, 0.25) is 0 Å². The molecule has 0 unspecified atom stereocenters. The molecule has 8 heteroatoms. The molecule has 3 heterocycles. The Morgan fingerprint density at radius 3 is 2.63 bits per heavy atom. The van der Waals surface area contributed by atoms with E-state index in [1.807, 2.05) is 32.2 Å². The minimum atomic E-state index is -0.408. The number of methoxy groups -OCH3 is 1. The smallest absolute Gasteiger partial charge is 0.317 e. The van der Waals surface area contributed by atoms with Crippen molar-refractivity contribution in [3.8, 4) is 5.75 Å². The molecule has 0 radical (unpaired) electrons. The summed E-state index contributed by atoms with van der Waals surface area (Å²) in [5.74, 6) is 0.684. The average Bonchev–Trinajstić information content (AvgIpc) is 3.01. The van der Waals surface area contributed by atoms with Gasteiger partial charge in [0.15, 0.2) is 0 Å². The Labute approximate surface area is 176 Å². The lowest BCUT2D eigenvalue weighted by molar-refractivity contribution is -0.136. The van der Waals surface area contributed by atoms with Crippen LogP contribution in [0, 0.1) is 0 Å². The number of benzene rings is 1. The molecule has 2 aromatic rings. The van der Waals surface area contributed by atoms with E-state index in [0.717, 1.165) is 34.3 Å². The summed E-state index contributed by atoms with van der Waals surface area (Å²) in [5.41, 5.74) is 2.73. The van der Waals surface area contributed by atoms with Crippen molar-refractivity contribution >= 4 is 22.8 Å². The number of hydrogen-bond donors (Lipinski definition) is 2. The van der Waals surface area contributed by atoms with Gasteiger partial charge in [-0.2, -0.15) is 0 Å². The predicted molar refractivity (Wildman–Crippen MR) is 114 cm³/mol. The Hall–Kier alpha value is -2.74. The second-order valence-electron chi connectivity index (χ2n) is 8.42. The molecule has 1 aromatic carbocycles. The van der Waals surface area contributed by atoms with Crippen molar-refractivity contribution in [3.05, 3.63) is 29.5 Å². The molecule has 162 valence electrons. The zero-order valence-electron chi connectivity index (χ0n) is 18.1. The summed E-state index contributed by atoms with van der Waals surface area (Å²) in [7, 11) is 3.60. The molecule has 0 saturated carbocycles. The summed E-state index contributed by atoms with van der Waals surface area (Å²) in [6.07, 6.45) is 0.885. The number of ether oxygens (including phenoxy) is 1. The number of nitrogens with one attached hydrogen (secondary N) is 1. The van der Waals surface area contributed by atoms with E-state index >= 15 is 0 Å². The molecule has 4 rings (SSSR count). The number of likely N-dealkylation sites (tertiary alicyclic amines) is 1. The lowest BCUT2D eigenvalue weighted by Crippen LogP contribution is -2.69. The van der Waals surface area contributed by atoms with Crippen molar-refractivity contribution in [2.24, 2.45) is 7.05 Å². The van der Waals surface area contributed by atoms with Crippen LogP contribution in [-0.4, -0.2) is 71.3 Å². The molecule has 1 aromatic heterocycles. The van der Waals surface area contributed by atoms with Crippen molar-refractivity contribution in [2.75, 3.05) is 39.9 Å². The maximum Gasteiger partial charge on any atom is 0.317 e. The molecule has 2 aliphatic rings. The Morgan fingerprint density at radius 1 is 1.30 bits per heavy atom. The van der Waals surface area contributed by atoms with E-state index in [1.165, 1.54) is 6.92 Å². The van der Waals surface area contributed by atoms with Gasteiger partial charge in [0, 0.05) is 57.3 Å². The topological polar surface area (TPSA) is 87.0 Å². The van der Waals surface area contributed by atoms with E-state index in [0.29, 0.717) is 26.2 Å². The fraction of sp³-hybridized carbons (Fsp3) is 0.545. The summed E-state index contributed by atoms with van der Waals surface area (Å²) in [5, 5.41) is 14.2. The highest BCUT2D eigenvalue weighted by atomic mass is 16.5. The zero-order valence-corrected chi connectivity index (χ0v) is 18.1. The van der Waals surface area contributed by atoms with Gasteiger partial charge in [0.25, 0.3) is 0 Å². The van der Waals surface area contributed by atoms with Gasteiger partial charge in [-0.05, 0) is 24.1 Å². The van der Waals surface area contributed by atoms with E-state index in [-0.39, 0.29) is 24.0 Å². The number of carbonyl (C=O) groups excluding carboxylic acids is 2. The van der Waals surface area contributed by atoms with E-state index in [4.69, 9.17) is 4.74 Å². The number of aryl methyl sites for hydroxylation is 1. The third-order valence-electron chi connectivity index (χ3n) is 6.53. The first-order valence-electron chi connectivity index (χ1n) is 10.4. The summed E-state index contributed by atoms with van der Waals surface area (Å²) in [4.78, 5) is 28.5. The van der Waals surface area contributed by atoms with Gasteiger partial charge in [0.2, 0.25) is 5.91 Å². The summed E-state index contributed by atoms with van der Waals surface area (Å²) in [6, 6.07) is 5.50. The second kappa shape index (κ2) is 7.50. The minimum Gasteiger partial charge on any atom is -0.497 e. The number of fused-ring (bicyclic) bond motifs is 4. The van der Waals surface area contributed by atoms with E-state index < -0.39 is 6.04 Å². The molecule has 1 atom stereocenters. The monoisotopic (exact) mass is 414 g/mol. The number of aliphatic hydroxyl groups excluding tert-OH is 1. The van der Waals surface area contributed by atoms with Gasteiger partial charge in [-0.3, -0.25) is 4.79 Å². The maximum atomic E-state index is 12.5. The van der Waals surface area contributed by atoms with E-state index in [2.05, 4.69) is 9.88 Å². The SMILES string of the molecule is CCCNC(=O)N1CC2(C1)CN(C(C)=O)[C@H](CO)c1c2c2ccc(OC)cc2n1C. The number of carbonyl (C=O) groups is 2. The normalized spacial score (nSPS) is 19.6. The van der Waals surface area contributed by atoms with Gasteiger partial charge in [0.1, 0.15) is 5.75 Å². The van der Waals surface area contributed by atoms with Crippen LogP contribution >= 0.6 is 0 Å². The van der Waals surface area contributed by atoms with Crippen LogP contribution < -0.4 is 10.1 Å². The number of nitrogens with zero attached hydrogens (tertiary/aromatic N) is 3. The highest BCUT2D eigenvalue weighted by Gasteiger charge is 2.55. The number of aliphatic hydroxyl groups is 1. The largest absolute Gasteiger partial charge is 0.497 e.